The van der Waals surface area contributed by atoms with Crippen molar-refractivity contribution in [2.75, 3.05) is 18.4 Å². The van der Waals surface area contributed by atoms with Gasteiger partial charge < -0.3 is 20.1 Å². The van der Waals surface area contributed by atoms with Crippen LogP contribution in [0.15, 0.2) is 24.3 Å². The molecule has 1 aliphatic carbocycles. The Morgan fingerprint density at radius 2 is 1.92 bits per heavy atom. The Morgan fingerprint density at radius 3 is 2.64 bits per heavy atom. The highest BCUT2D eigenvalue weighted by Crippen LogP contribution is 2.30. The normalized spacial score (nSPS) is 24.1. The van der Waals surface area contributed by atoms with Crippen LogP contribution < -0.4 is 10.1 Å². The zero-order chi connectivity index (χ0) is 17.8. The number of ether oxygens (including phenoxy) is 1. The van der Waals surface area contributed by atoms with Crippen LogP contribution in [0.3, 0.4) is 0 Å². The summed E-state index contributed by atoms with van der Waals surface area (Å²) >= 11 is 0. The van der Waals surface area contributed by atoms with E-state index in [-0.39, 0.29) is 24.6 Å². The van der Waals surface area contributed by atoms with Crippen molar-refractivity contribution in [2.24, 2.45) is 11.8 Å². The van der Waals surface area contributed by atoms with E-state index in [0.29, 0.717) is 24.4 Å². The van der Waals surface area contributed by atoms with Crippen molar-refractivity contribution >= 4 is 17.7 Å². The number of piperidine rings is 1. The Hall–Kier alpha value is -2.24. The maximum absolute atomic E-state index is 12.6. The number of hydrogen-bond acceptors (Lipinski definition) is 3. The van der Waals surface area contributed by atoms with E-state index < -0.39 is 11.9 Å². The molecule has 1 aliphatic heterocycles. The van der Waals surface area contributed by atoms with Crippen molar-refractivity contribution < 1.29 is 19.4 Å². The molecule has 2 atom stereocenters. The van der Waals surface area contributed by atoms with E-state index in [2.05, 4.69) is 5.32 Å². The fourth-order valence-electron chi connectivity index (χ4n) is 3.75. The molecule has 2 fully saturated rings. The second-order valence-corrected chi connectivity index (χ2v) is 7.23. The maximum atomic E-state index is 12.6. The summed E-state index contributed by atoms with van der Waals surface area (Å²) in [5.74, 6) is -0.484. The summed E-state index contributed by atoms with van der Waals surface area (Å²) in [6.07, 6.45) is 5.28. The molecule has 6 heteroatoms. The SMILES string of the molecule is CC1CC(C(=O)O)CN(C(=O)Nc2ccccc2OC2CCCC2)C1. The van der Waals surface area contributed by atoms with Crippen molar-refractivity contribution in [3.8, 4) is 5.75 Å². The number of benzene rings is 1. The molecule has 2 N–H and O–H groups in total. The quantitative estimate of drug-likeness (QED) is 0.873. The number of anilines is 1. The van der Waals surface area contributed by atoms with E-state index in [1.54, 1.807) is 4.90 Å². The average Bonchev–Trinajstić information content (AvgIpc) is 3.09. The van der Waals surface area contributed by atoms with Gasteiger partial charge in [-0.15, -0.1) is 0 Å². The first-order valence-electron chi connectivity index (χ1n) is 9.07. The van der Waals surface area contributed by atoms with Crippen LogP contribution in [-0.2, 0) is 4.79 Å². The van der Waals surface area contributed by atoms with Crippen molar-refractivity contribution in [3.05, 3.63) is 24.3 Å². The number of carbonyl (C=O) groups excluding carboxylic acids is 1. The summed E-state index contributed by atoms with van der Waals surface area (Å²) < 4.78 is 6.05. The van der Waals surface area contributed by atoms with E-state index in [4.69, 9.17) is 4.74 Å². The van der Waals surface area contributed by atoms with Crippen LogP contribution in [0.5, 0.6) is 5.75 Å². The predicted molar refractivity (Wildman–Crippen MR) is 94.8 cm³/mol. The van der Waals surface area contributed by atoms with Gasteiger partial charge in [-0.25, -0.2) is 4.79 Å². The predicted octanol–water partition coefficient (Wildman–Crippen LogP) is 3.58. The van der Waals surface area contributed by atoms with Crippen LogP contribution in [0.25, 0.3) is 0 Å². The molecule has 0 aromatic heterocycles. The molecule has 3 rings (SSSR count). The minimum absolute atomic E-state index is 0.172. The van der Waals surface area contributed by atoms with Gasteiger partial charge in [0.2, 0.25) is 0 Å². The molecule has 1 saturated heterocycles. The minimum atomic E-state index is -0.839. The lowest BCUT2D eigenvalue weighted by Gasteiger charge is -2.34. The lowest BCUT2D eigenvalue weighted by atomic mass is 9.91. The molecule has 1 aromatic rings. The average molecular weight is 346 g/mol. The van der Waals surface area contributed by atoms with Gasteiger partial charge in [-0.1, -0.05) is 19.1 Å². The largest absolute Gasteiger partial charge is 0.488 e. The number of nitrogens with zero attached hydrogens (tertiary/aromatic N) is 1. The highest BCUT2D eigenvalue weighted by atomic mass is 16.5. The van der Waals surface area contributed by atoms with Crippen LogP contribution >= 0.6 is 0 Å². The first-order valence-corrected chi connectivity index (χ1v) is 9.07. The molecular weight excluding hydrogens is 320 g/mol. The molecule has 0 spiro atoms. The number of likely N-dealkylation sites (tertiary alicyclic amines) is 1. The van der Waals surface area contributed by atoms with Gasteiger partial charge in [0.05, 0.1) is 17.7 Å². The van der Waals surface area contributed by atoms with Crippen molar-refractivity contribution in [2.45, 2.75) is 45.1 Å². The van der Waals surface area contributed by atoms with E-state index in [9.17, 15) is 14.7 Å². The number of carboxylic acid groups (broad SMARTS) is 1. The molecule has 2 aliphatic rings. The van der Waals surface area contributed by atoms with Crippen LogP contribution in [-0.4, -0.2) is 41.2 Å². The summed E-state index contributed by atoms with van der Waals surface area (Å²) in [5.41, 5.74) is 0.643. The van der Waals surface area contributed by atoms with E-state index in [0.717, 1.165) is 12.8 Å². The summed E-state index contributed by atoms with van der Waals surface area (Å²) in [7, 11) is 0. The molecule has 6 nitrogen and oxygen atoms in total. The zero-order valence-electron chi connectivity index (χ0n) is 14.6. The van der Waals surface area contributed by atoms with Gasteiger partial charge in [0.1, 0.15) is 5.75 Å². The maximum Gasteiger partial charge on any atom is 0.321 e. The fraction of sp³-hybridized carbons (Fsp3) is 0.579. The molecule has 2 amide bonds. The number of carbonyl (C=O) groups is 2. The summed E-state index contributed by atoms with van der Waals surface area (Å²) in [4.78, 5) is 25.5. The fourth-order valence-corrected chi connectivity index (χ4v) is 3.75. The molecule has 2 unspecified atom stereocenters. The molecule has 0 bridgehead atoms. The molecule has 136 valence electrons. The van der Waals surface area contributed by atoms with Crippen LogP contribution in [0, 0.1) is 11.8 Å². The molecule has 1 heterocycles. The third-order valence-corrected chi connectivity index (χ3v) is 5.02. The molecule has 1 aromatic carbocycles. The lowest BCUT2D eigenvalue weighted by molar-refractivity contribution is -0.143. The van der Waals surface area contributed by atoms with Crippen molar-refractivity contribution in [1.82, 2.24) is 4.90 Å². The first kappa shape index (κ1) is 17.6. The van der Waals surface area contributed by atoms with E-state index in [1.165, 1.54) is 12.8 Å². The Bertz CT molecular complexity index is 628. The van der Waals surface area contributed by atoms with Gasteiger partial charge in [-0.3, -0.25) is 4.79 Å². The van der Waals surface area contributed by atoms with E-state index in [1.807, 2.05) is 31.2 Å². The number of amides is 2. The van der Waals surface area contributed by atoms with Gasteiger partial charge in [0.15, 0.2) is 0 Å². The smallest absolute Gasteiger partial charge is 0.321 e. The van der Waals surface area contributed by atoms with Gasteiger partial charge >= 0.3 is 12.0 Å². The summed E-state index contributed by atoms with van der Waals surface area (Å²) in [6.45, 7) is 2.80. The lowest BCUT2D eigenvalue weighted by Crippen LogP contribution is -2.47. The number of urea groups is 1. The highest BCUT2D eigenvalue weighted by Gasteiger charge is 2.32. The Morgan fingerprint density at radius 1 is 1.20 bits per heavy atom. The van der Waals surface area contributed by atoms with Gasteiger partial charge in [0.25, 0.3) is 0 Å². The Kier molecular flexibility index (Phi) is 5.46. The van der Waals surface area contributed by atoms with Gasteiger partial charge in [-0.2, -0.15) is 0 Å². The standard InChI is InChI=1S/C19H26N2O4/c1-13-10-14(18(22)23)12-21(11-13)19(24)20-16-8-4-5-9-17(16)25-15-6-2-3-7-15/h4-5,8-9,13-15H,2-3,6-7,10-12H2,1H3,(H,20,24)(H,22,23). The van der Waals surface area contributed by atoms with Crippen LogP contribution in [0.2, 0.25) is 0 Å². The molecule has 25 heavy (non-hydrogen) atoms. The van der Waals surface area contributed by atoms with Crippen LogP contribution in [0.4, 0.5) is 10.5 Å². The number of nitrogens with one attached hydrogen (secondary N) is 1. The second kappa shape index (κ2) is 7.76. The van der Waals surface area contributed by atoms with E-state index >= 15 is 0 Å². The third kappa shape index (κ3) is 4.44. The Labute approximate surface area is 148 Å². The Balaban J connectivity index is 1.67. The second-order valence-electron chi connectivity index (χ2n) is 7.23. The zero-order valence-corrected chi connectivity index (χ0v) is 14.6. The topological polar surface area (TPSA) is 78.9 Å². The minimum Gasteiger partial charge on any atom is -0.488 e. The number of aliphatic carboxylic acids is 1. The van der Waals surface area contributed by atoms with Gasteiger partial charge in [-0.05, 0) is 50.2 Å². The number of para-hydroxylation sites is 2. The molecular formula is C19H26N2O4. The third-order valence-electron chi connectivity index (χ3n) is 5.02. The van der Waals surface area contributed by atoms with Crippen LogP contribution in [0.1, 0.15) is 39.0 Å². The number of hydrogen-bond donors (Lipinski definition) is 2. The number of rotatable bonds is 4. The van der Waals surface area contributed by atoms with Crippen molar-refractivity contribution in [3.63, 3.8) is 0 Å². The molecule has 0 radical (unpaired) electrons. The molecule has 1 saturated carbocycles. The first-order chi connectivity index (χ1) is 12.0. The monoisotopic (exact) mass is 346 g/mol. The summed E-state index contributed by atoms with van der Waals surface area (Å²) in [6, 6.07) is 7.18. The summed E-state index contributed by atoms with van der Waals surface area (Å²) in [5, 5.41) is 12.2. The number of carboxylic acids is 1. The van der Waals surface area contributed by atoms with Crippen molar-refractivity contribution in [1.29, 1.82) is 0 Å². The highest BCUT2D eigenvalue weighted by molar-refractivity contribution is 5.91. The van der Waals surface area contributed by atoms with Gasteiger partial charge in [0, 0.05) is 13.1 Å².